The van der Waals surface area contributed by atoms with Crippen molar-refractivity contribution in [3.05, 3.63) is 84.9 Å². The summed E-state index contributed by atoms with van der Waals surface area (Å²) in [6, 6.07) is 27.9. The van der Waals surface area contributed by atoms with Crippen molar-refractivity contribution >= 4 is 5.69 Å². The van der Waals surface area contributed by atoms with Gasteiger partial charge in [-0.15, -0.1) is 0 Å². The first-order valence-corrected chi connectivity index (χ1v) is 8.61. The lowest BCUT2D eigenvalue weighted by molar-refractivity contribution is 0.324. The molecule has 3 rings (SSSR count). The first kappa shape index (κ1) is 16.9. The molecule has 3 aromatic rings. The van der Waals surface area contributed by atoms with Crippen LogP contribution in [0.1, 0.15) is 6.92 Å². The molecule has 0 aliphatic carbocycles. The van der Waals surface area contributed by atoms with Crippen LogP contribution in [-0.2, 0) is 0 Å². The van der Waals surface area contributed by atoms with Crippen LogP contribution >= 0.6 is 0 Å². The SMILES string of the molecule is CCN(CCOc1ccccc1)c1ccccc1Oc1ccccc1. The van der Waals surface area contributed by atoms with Crippen molar-refractivity contribution in [1.82, 2.24) is 0 Å². The molecule has 0 bridgehead atoms. The van der Waals surface area contributed by atoms with Gasteiger partial charge < -0.3 is 14.4 Å². The lowest BCUT2D eigenvalue weighted by Crippen LogP contribution is -2.28. The third-order valence-electron chi connectivity index (χ3n) is 3.93. The quantitative estimate of drug-likeness (QED) is 0.552. The topological polar surface area (TPSA) is 21.7 Å². The van der Waals surface area contributed by atoms with Gasteiger partial charge in [-0.1, -0.05) is 48.5 Å². The van der Waals surface area contributed by atoms with E-state index >= 15 is 0 Å². The summed E-state index contributed by atoms with van der Waals surface area (Å²) < 4.78 is 11.9. The van der Waals surface area contributed by atoms with E-state index in [2.05, 4.69) is 17.9 Å². The lowest BCUT2D eigenvalue weighted by atomic mass is 10.2. The summed E-state index contributed by atoms with van der Waals surface area (Å²) in [5, 5.41) is 0. The number of rotatable bonds is 8. The summed E-state index contributed by atoms with van der Waals surface area (Å²) in [7, 11) is 0. The maximum atomic E-state index is 6.07. The Labute approximate surface area is 149 Å². The minimum atomic E-state index is 0.623. The van der Waals surface area contributed by atoms with Gasteiger partial charge in [0.05, 0.1) is 12.2 Å². The number of benzene rings is 3. The van der Waals surface area contributed by atoms with Crippen molar-refractivity contribution in [2.75, 3.05) is 24.6 Å². The molecule has 3 heteroatoms. The molecule has 0 heterocycles. The van der Waals surface area contributed by atoms with Gasteiger partial charge in [0.2, 0.25) is 0 Å². The Morgan fingerprint density at radius 2 is 1.32 bits per heavy atom. The van der Waals surface area contributed by atoms with Gasteiger partial charge in [0.25, 0.3) is 0 Å². The maximum Gasteiger partial charge on any atom is 0.150 e. The summed E-state index contributed by atoms with van der Waals surface area (Å²) in [6.07, 6.45) is 0. The van der Waals surface area contributed by atoms with E-state index in [1.807, 2.05) is 78.9 Å². The monoisotopic (exact) mass is 333 g/mol. The van der Waals surface area contributed by atoms with Crippen molar-refractivity contribution in [1.29, 1.82) is 0 Å². The van der Waals surface area contributed by atoms with Crippen LogP contribution in [0.5, 0.6) is 17.2 Å². The summed E-state index contributed by atoms with van der Waals surface area (Å²) in [4.78, 5) is 2.27. The Kier molecular flexibility index (Phi) is 5.94. The highest BCUT2D eigenvalue weighted by Crippen LogP contribution is 2.31. The molecule has 0 aromatic heterocycles. The summed E-state index contributed by atoms with van der Waals surface area (Å²) in [5.74, 6) is 2.59. The second-order valence-corrected chi connectivity index (χ2v) is 5.62. The molecule has 3 aromatic carbocycles. The number of nitrogens with zero attached hydrogens (tertiary/aromatic N) is 1. The minimum absolute atomic E-state index is 0.623. The fourth-order valence-corrected chi connectivity index (χ4v) is 2.66. The Hall–Kier alpha value is -2.94. The largest absolute Gasteiger partial charge is 0.492 e. The van der Waals surface area contributed by atoms with Crippen LogP contribution in [0.3, 0.4) is 0 Å². The number of ether oxygens (including phenoxy) is 2. The Bertz CT molecular complexity index is 759. The van der Waals surface area contributed by atoms with Crippen molar-refractivity contribution < 1.29 is 9.47 Å². The van der Waals surface area contributed by atoms with Crippen LogP contribution in [0.15, 0.2) is 84.9 Å². The molecule has 25 heavy (non-hydrogen) atoms. The molecule has 0 radical (unpaired) electrons. The molecule has 3 nitrogen and oxygen atoms in total. The van der Waals surface area contributed by atoms with E-state index in [9.17, 15) is 0 Å². The molecular weight excluding hydrogens is 310 g/mol. The van der Waals surface area contributed by atoms with Crippen LogP contribution in [-0.4, -0.2) is 19.7 Å². The van der Waals surface area contributed by atoms with Crippen molar-refractivity contribution in [2.45, 2.75) is 6.92 Å². The first-order valence-electron chi connectivity index (χ1n) is 8.61. The fourth-order valence-electron chi connectivity index (χ4n) is 2.66. The Morgan fingerprint density at radius 1 is 0.720 bits per heavy atom. The molecule has 0 saturated heterocycles. The lowest BCUT2D eigenvalue weighted by Gasteiger charge is -2.25. The van der Waals surface area contributed by atoms with Crippen LogP contribution in [0.25, 0.3) is 0 Å². The zero-order valence-corrected chi connectivity index (χ0v) is 14.5. The average Bonchev–Trinajstić information content (AvgIpc) is 2.68. The number of hydrogen-bond donors (Lipinski definition) is 0. The number of hydrogen-bond acceptors (Lipinski definition) is 3. The molecule has 0 fully saturated rings. The zero-order valence-electron chi connectivity index (χ0n) is 14.5. The van der Waals surface area contributed by atoms with E-state index in [0.717, 1.165) is 36.0 Å². The minimum Gasteiger partial charge on any atom is -0.492 e. The maximum absolute atomic E-state index is 6.07. The third kappa shape index (κ3) is 4.77. The van der Waals surface area contributed by atoms with Crippen LogP contribution in [0, 0.1) is 0 Å². The van der Waals surface area contributed by atoms with E-state index < -0.39 is 0 Å². The third-order valence-corrected chi connectivity index (χ3v) is 3.93. The molecule has 0 N–H and O–H groups in total. The summed E-state index contributed by atoms with van der Waals surface area (Å²) in [6.45, 7) is 4.44. The molecular formula is C22H23NO2. The number of likely N-dealkylation sites (N-methyl/N-ethyl adjacent to an activating group) is 1. The highest BCUT2D eigenvalue weighted by molar-refractivity contribution is 5.59. The predicted molar refractivity (Wildman–Crippen MR) is 103 cm³/mol. The van der Waals surface area contributed by atoms with Gasteiger partial charge in [-0.05, 0) is 43.3 Å². The van der Waals surface area contributed by atoms with Gasteiger partial charge in [-0.25, -0.2) is 0 Å². The molecule has 0 spiro atoms. The highest BCUT2D eigenvalue weighted by atomic mass is 16.5. The molecule has 0 unspecified atom stereocenters. The van der Waals surface area contributed by atoms with E-state index in [4.69, 9.17) is 9.47 Å². The standard InChI is InChI=1S/C22H23NO2/c1-2-23(17-18-24-19-11-5-3-6-12-19)21-15-9-10-16-22(21)25-20-13-7-4-8-14-20/h3-16H,2,17-18H2,1H3. The summed E-state index contributed by atoms with van der Waals surface area (Å²) >= 11 is 0. The summed E-state index contributed by atoms with van der Waals surface area (Å²) in [5.41, 5.74) is 1.07. The van der Waals surface area contributed by atoms with Crippen molar-refractivity contribution in [3.8, 4) is 17.2 Å². The van der Waals surface area contributed by atoms with Gasteiger partial charge in [-0.3, -0.25) is 0 Å². The van der Waals surface area contributed by atoms with E-state index in [-0.39, 0.29) is 0 Å². The first-order chi connectivity index (χ1) is 12.4. The second kappa shape index (κ2) is 8.78. The second-order valence-electron chi connectivity index (χ2n) is 5.62. The number of anilines is 1. The van der Waals surface area contributed by atoms with Crippen LogP contribution in [0.2, 0.25) is 0 Å². The Morgan fingerprint density at radius 3 is 2.00 bits per heavy atom. The van der Waals surface area contributed by atoms with Crippen LogP contribution < -0.4 is 14.4 Å². The molecule has 0 aliphatic heterocycles. The molecule has 0 amide bonds. The molecule has 0 atom stereocenters. The number of para-hydroxylation sites is 4. The molecule has 128 valence electrons. The van der Waals surface area contributed by atoms with Crippen molar-refractivity contribution in [3.63, 3.8) is 0 Å². The zero-order chi connectivity index (χ0) is 17.3. The molecule has 0 aliphatic rings. The van der Waals surface area contributed by atoms with Crippen LogP contribution in [0.4, 0.5) is 5.69 Å². The Balaban J connectivity index is 1.68. The fraction of sp³-hybridized carbons (Fsp3) is 0.182. The van der Waals surface area contributed by atoms with E-state index in [0.29, 0.717) is 6.61 Å². The normalized spacial score (nSPS) is 10.3. The van der Waals surface area contributed by atoms with Crippen molar-refractivity contribution in [2.24, 2.45) is 0 Å². The van der Waals surface area contributed by atoms with E-state index in [1.165, 1.54) is 0 Å². The smallest absolute Gasteiger partial charge is 0.150 e. The van der Waals surface area contributed by atoms with Gasteiger partial charge in [-0.2, -0.15) is 0 Å². The van der Waals surface area contributed by atoms with Gasteiger partial charge in [0, 0.05) is 6.54 Å². The predicted octanol–water partition coefficient (Wildman–Crippen LogP) is 5.38. The highest BCUT2D eigenvalue weighted by Gasteiger charge is 2.11. The van der Waals surface area contributed by atoms with Gasteiger partial charge in [0.1, 0.15) is 18.1 Å². The average molecular weight is 333 g/mol. The van der Waals surface area contributed by atoms with Gasteiger partial charge >= 0.3 is 0 Å². The molecule has 0 saturated carbocycles. The van der Waals surface area contributed by atoms with E-state index in [1.54, 1.807) is 0 Å². The van der Waals surface area contributed by atoms with Gasteiger partial charge in [0.15, 0.2) is 5.75 Å².